The Morgan fingerprint density at radius 1 is 1.04 bits per heavy atom. The van der Waals surface area contributed by atoms with Crippen LogP contribution in [-0.2, 0) is 6.42 Å². The molecule has 3 rings (SSSR count). The zero-order valence-corrected chi connectivity index (χ0v) is 14.3. The van der Waals surface area contributed by atoms with E-state index in [4.69, 9.17) is 14.6 Å². The van der Waals surface area contributed by atoms with Crippen molar-refractivity contribution in [1.29, 1.82) is 0 Å². The molecule has 25 heavy (non-hydrogen) atoms. The zero-order chi connectivity index (χ0) is 18.6. The molecule has 6 heteroatoms. The lowest BCUT2D eigenvalue weighted by atomic mass is 10.1. The summed E-state index contributed by atoms with van der Waals surface area (Å²) in [5.74, 6) is 0.960. The maximum atomic E-state index is 11.6. The van der Waals surface area contributed by atoms with Crippen LogP contribution in [0.1, 0.15) is 33.2 Å². The van der Waals surface area contributed by atoms with Gasteiger partial charge in [-0.25, -0.2) is 0 Å². The van der Waals surface area contributed by atoms with Crippen molar-refractivity contribution in [3.63, 3.8) is 0 Å². The standard InChI is InChI=1S/C11H12O3.C8H8O3/c1-6-3-7-4-10(14-2)9(12)5-8(7)11(6)13;1-11-8-4-6(5-9)2-3-7(8)10/h4-6,12H,3H2,1-2H3;2-5,10H,1H3. The minimum Gasteiger partial charge on any atom is -0.504 e. The van der Waals surface area contributed by atoms with E-state index in [-0.39, 0.29) is 23.2 Å². The molecule has 1 aliphatic rings. The zero-order valence-electron chi connectivity index (χ0n) is 14.3. The molecular weight excluding hydrogens is 324 g/mol. The van der Waals surface area contributed by atoms with Crippen LogP contribution in [0, 0.1) is 5.92 Å². The molecule has 0 amide bonds. The number of aromatic hydroxyl groups is 2. The van der Waals surface area contributed by atoms with Gasteiger partial charge in [0.2, 0.25) is 0 Å². The molecule has 0 bridgehead atoms. The number of ketones is 1. The van der Waals surface area contributed by atoms with Crippen molar-refractivity contribution in [1.82, 2.24) is 0 Å². The number of Topliss-reactive ketones (excluding diaryl/α,β-unsaturated/α-hetero) is 1. The molecule has 1 unspecified atom stereocenters. The second-order valence-corrected chi connectivity index (χ2v) is 5.70. The summed E-state index contributed by atoms with van der Waals surface area (Å²) in [5.41, 5.74) is 2.09. The first kappa shape index (κ1) is 18.3. The highest BCUT2D eigenvalue weighted by atomic mass is 16.5. The largest absolute Gasteiger partial charge is 0.504 e. The number of benzene rings is 2. The Labute approximate surface area is 145 Å². The van der Waals surface area contributed by atoms with Gasteiger partial charge in [-0.3, -0.25) is 9.59 Å². The van der Waals surface area contributed by atoms with E-state index in [1.807, 2.05) is 6.92 Å². The van der Waals surface area contributed by atoms with Gasteiger partial charge in [-0.2, -0.15) is 0 Å². The van der Waals surface area contributed by atoms with E-state index < -0.39 is 0 Å². The van der Waals surface area contributed by atoms with Crippen LogP contribution < -0.4 is 9.47 Å². The van der Waals surface area contributed by atoms with Crippen molar-refractivity contribution >= 4 is 12.1 Å². The fourth-order valence-electron chi connectivity index (χ4n) is 2.63. The third kappa shape index (κ3) is 3.91. The SMILES string of the molecule is COc1cc(C=O)ccc1O.COc1cc2c(cc1O)C(=O)C(C)C2. The molecule has 0 aliphatic heterocycles. The number of fused-ring (bicyclic) bond motifs is 1. The lowest BCUT2D eigenvalue weighted by Gasteiger charge is -2.05. The van der Waals surface area contributed by atoms with Gasteiger partial charge in [0.05, 0.1) is 14.2 Å². The lowest BCUT2D eigenvalue weighted by Crippen LogP contribution is -2.02. The molecule has 0 heterocycles. The van der Waals surface area contributed by atoms with E-state index in [1.165, 1.54) is 38.5 Å². The van der Waals surface area contributed by atoms with Crippen LogP contribution >= 0.6 is 0 Å². The Morgan fingerprint density at radius 3 is 2.28 bits per heavy atom. The maximum Gasteiger partial charge on any atom is 0.166 e. The van der Waals surface area contributed by atoms with E-state index in [0.29, 0.717) is 28.9 Å². The van der Waals surface area contributed by atoms with Crippen LogP contribution in [0.5, 0.6) is 23.0 Å². The number of phenolic OH excluding ortho intramolecular Hbond substituents is 2. The molecule has 1 aliphatic carbocycles. The minimum absolute atomic E-state index is 0.0245. The molecule has 0 fully saturated rings. The number of ether oxygens (including phenoxy) is 2. The van der Waals surface area contributed by atoms with Crippen molar-refractivity contribution in [2.24, 2.45) is 5.92 Å². The van der Waals surface area contributed by atoms with Crippen molar-refractivity contribution < 1.29 is 29.3 Å². The third-order valence-corrected chi connectivity index (χ3v) is 3.98. The number of hydrogen-bond donors (Lipinski definition) is 2. The Morgan fingerprint density at radius 2 is 1.68 bits per heavy atom. The van der Waals surface area contributed by atoms with E-state index in [9.17, 15) is 14.7 Å². The van der Waals surface area contributed by atoms with Crippen molar-refractivity contribution in [3.05, 3.63) is 47.0 Å². The Hall–Kier alpha value is -3.02. The number of aldehydes is 1. The number of carbonyl (C=O) groups is 2. The summed E-state index contributed by atoms with van der Waals surface area (Å²) < 4.78 is 9.76. The third-order valence-electron chi connectivity index (χ3n) is 3.98. The van der Waals surface area contributed by atoms with Crippen LogP contribution in [0.25, 0.3) is 0 Å². The van der Waals surface area contributed by atoms with Crippen LogP contribution in [0.15, 0.2) is 30.3 Å². The van der Waals surface area contributed by atoms with Crippen LogP contribution in [0.3, 0.4) is 0 Å². The Bertz CT molecular complexity index is 797. The van der Waals surface area contributed by atoms with Crippen molar-refractivity contribution in [3.8, 4) is 23.0 Å². The highest BCUT2D eigenvalue weighted by Crippen LogP contribution is 2.35. The molecule has 0 saturated heterocycles. The molecule has 0 saturated carbocycles. The second kappa shape index (κ2) is 7.70. The monoisotopic (exact) mass is 344 g/mol. The smallest absolute Gasteiger partial charge is 0.166 e. The average molecular weight is 344 g/mol. The number of rotatable bonds is 3. The van der Waals surface area contributed by atoms with Gasteiger partial charge in [-0.15, -0.1) is 0 Å². The summed E-state index contributed by atoms with van der Waals surface area (Å²) in [6, 6.07) is 7.65. The van der Waals surface area contributed by atoms with Crippen LogP contribution in [0.2, 0.25) is 0 Å². The molecule has 2 aromatic rings. The van der Waals surface area contributed by atoms with Gasteiger partial charge in [0.25, 0.3) is 0 Å². The number of methoxy groups -OCH3 is 2. The summed E-state index contributed by atoms with van der Waals surface area (Å²) >= 11 is 0. The summed E-state index contributed by atoms with van der Waals surface area (Å²) in [6.45, 7) is 1.89. The van der Waals surface area contributed by atoms with Gasteiger partial charge in [0, 0.05) is 17.0 Å². The molecule has 2 N–H and O–H groups in total. The van der Waals surface area contributed by atoms with Gasteiger partial charge in [-0.1, -0.05) is 6.92 Å². The van der Waals surface area contributed by atoms with Gasteiger partial charge in [0.1, 0.15) is 6.29 Å². The highest BCUT2D eigenvalue weighted by molar-refractivity contribution is 6.02. The molecule has 132 valence electrons. The first-order chi connectivity index (χ1) is 11.9. The van der Waals surface area contributed by atoms with Gasteiger partial charge in [0.15, 0.2) is 28.8 Å². The first-order valence-corrected chi connectivity index (χ1v) is 7.67. The summed E-state index contributed by atoms with van der Waals surface area (Å²) in [6.07, 6.45) is 1.44. The summed E-state index contributed by atoms with van der Waals surface area (Å²) in [4.78, 5) is 21.8. The molecule has 6 nitrogen and oxygen atoms in total. The fraction of sp³-hybridized carbons (Fsp3) is 0.263. The molecule has 0 aromatic heterocycles. The maximum absolute atomic E-state index is 11.6. The first-order valence-electron chi connectivity index (χ1n) is 7.67. The normalized spacial score (nSPS) is 15.0. The number of hydrogen-bond acceptors (Lipinski definition) is 6. The molecule has 1 atom stereocenters. The Kier molecular flexibility index (Phi) is 5.64. The van der Waals surface area contributed by atoms with E-state index in [2.05, 4.69) is 0 Å². The lowest BCUT2D eigenvalue weighted by molar-refractivity contribution is 0.0945. The highest BCUT2D eigenvalue weighted by Gasteiger charge is 2.28. The number of carbonyl (C=O) groups excluding carboxylic acids is 2. The van der Waals surface area contributed by atoms with Gasteiger partial charge in [-0.05, 0) is 42.3 Å². The Balaban J connectivity index is 0.000000186. The van der Waals surface area contributed by atoms with Crippen molar-refractivity contribution in [2.75, 3.05) is 14.2 Å². The van der Waals surface area contributed by atoms with E-state index >= 15 is 0 Å². The predicted octanol–water partition coefficient (Wildman–Crippen LogP) is 2.99. The average Bonchev–Trinajstić information content (AvgIpc) is 2.89. The predicted molar refractivity (Wildman–Crippen MR) is 91.9 cm³/mol. The van der Waals surface area contributed by atoms with E-state index in [0.717, 1.165) is 12.0 Å². The molecular formula is C19H20O6. The van der Waals surface area contributed by atoms with Crippen LogP contribution in [-0.4, -0.2) is 36.5 Å². The van der Waals surface area contributed by atoms with Gasteiger partial charge >= 0.3 is 0 Å². The second-order valence-electron chi connectivity index (χ2n) is 5.70. The van der Waals surface area contributed by atoms with Gasteiger partial charge < -0.3 is 19.7 Å². The van der Waals surface area contributed by atoms with Crippen LogP contribution in [0.4, 0.5) is 0 Å². The molecule has 0 radical (unpaired) electrons. The fourth-order valence-corrected chi connectivity index (χ4v) is 2.63. The topological polar surface area (TPSA) is 93.1 Å². The molecule has 0 spiro atoms. The van der Waals surface area contributed by atoms with Crippen molar-refractivity contribution in [2.45, 2.75) is 13.3 Å². The van der Waals surface area contributed by atoms with E-state index in [1.54, 1.807) is 6.07 Å². The molecule has 2 aromatic carbocycles. The quantitative estimate of drug-likeness (QED) is 0.832. The summed E-state index contributed by atoms with van der Waals surface area (Å²) in [5, 5.41) is 18.6. The minimum atomic E-state index is 0.0245. The number of phenols is 2. The summed E-state index contributed by atoms with van der Waals surface area (Å²) in [7, 11) is 2.94.